The molecule has 0 unspecified atom stereocenters. The van der Waals surface area contributed by atoms with Crippen LogP contribution in [0.4, 0.5) is 0 Å². The topological polar surface area (TPSA) is 55.4 Å². The highest BCUT2D eigenvalue weighted by molar-refractivity contribution is 7.14. The van der Waals surface area contributed by atoms with Crippen molar-refractivity contribution in [1.29, 1.82) is 0 Å². The molecule has 4 nitrogen and oxygen atoms in total. The molecule has 120 valence electrons. The summed E-state index contributed by atoms with van der Waals surface area (Å²) in [5, 5.41) is 3.00. The van der Waals surface area contributed by atoms with Crippen LogP contribution >= 0.6 is 11.3 Å². The molecule has 5 heteroatoms. The Morgan fingerprint density at radius 1 is 1.27 bits per heavy atom. The van der Waals surface area contributed by atoms with Crippen LogP contribution in [0.1, 0.15) is 59.1 Å². The molecule has 2 aliphatic rings. The van der Waals surface area contributed by atoms with E-state index in [9.17, 15) is 9.59 Å². The zero-order valence-electron chi connectivity index (χ0n) is 13.0. The number of ether oxygens (including phenoxy) is 1. The molecule has 1 saturated carbocycles. The maximum Gasteiger partial charge on any atom is 0.348 e. The lowest BCUT2D eigenvalue weighted by Gasteiger charge is -2.29. The van der Waals surface area contributed by atoms with Crippen molar-refractivity contribution in [2.75, 3.05) is 6.61 Å². The predicted octanol–water partition coefficient (Wildman–Crippen LogP) is 3.09. The number of fused-ring (bicyclic) bond motifs is 1. The first-order valence-electron chi connectivity index (χ1n) is 8.21. The number of nitrogens with one attached hydrogen (secondary N) is 1. The summed E-state index contributed by atoms with van der Waals surface area (Å²) in [5.41, 5.74) is 1.28. The van der Waals surface area contributed by atoms with Crippen LogP contribution in [0.25, 0.3) is 0 Å². The van der Waals surface area contributed by atoms with E-state index in [1.54, 1.807) is 0 Å². The molecule has 2 atom stereocenters. The molecule has 1 fully saturated rings. The molecule has 2 aliphatic carbocycles. The van der Waals surface area contributed by atoms with Crippen molar-refractivity contribution in [3.05, 3.63) is 21.4 Å². The molecule has 1 N–H and O–H groups in total. The van der Waals surface area contributed by atoms with Crippen LogP contribution in [-0.4, -0.2) is 24.5 Å². The molecule has 0 bridgehead atoms. The van der Waals surface area contributed by atoms with Crippen molar-refractivity contribution in [3.8, 4) is 0 Å². The highest BCUT2D eigenvalue weighted by Crippen LogP contribution is 2.31. The minimum absolute atomic E-state index is 0.176. The van der Waals surface area contributed by atoms with Gasteiger partial charge in [0.15, 0.2) is 6.61 Å². The fourth-order valence-corrected chi connectivity index (χ4v) is 4.56. The Bertz CT molecular complexity index is 545. The van der Waals surface area contributed by atoms with Crippen LogP contribution in [0.15, 0.2) is 6.07 Å². The summed E-state index contributed by atoms with van der Waals surface area (Å²) in [6.45, 7) is 1.99. The van der Waals surface area contributed by atoms with Crippen molar-refractivity contribution >= 4 is 23.2 Å². The number of carbonyl (C=O) groups is 2. The zero-order valence-corrected chi connectivity index (χ0v) is 13.8. The molecule has 0 aromatic carbocycles. The summed E-state index contributed by atoms with van der Waals surface area (Å²) < 4.78 is 5.16. The van der Waals surface area contributed by atoms with Gasteiger partial charge in [0.2, 0.25) is 0 Å². The molecule has 3 rings (SSSR count). The average molecular weight is 321 g/mol. The Kier molecular flexibility index (Phi) is 4.81. The van der Waals surface area contributed by atoms with Crippen molar-refractivity contribution in [3.63, 3.8) is 0 Å². The van der Waals surface area contributed by atoms with Crippen LogP contribution in [0, 0.1) is 5.92 Å². The number of hydrogen-bond donors (Lipinski definition) is 1. The monoisotopic (exact) mass is 321 g/mol. The average Bonchev–Trinajstić information content (AvgIpc) is 3.08. The van der Waals surface area contributed by atoms with Crippen LogP contribution in [0.5, 0.6) is 0 Å². The van der Waals surface area contributed by atoms with E-state index < -0.39 is 0 Å². The number of esters is 1. The standard InChI is InChI=1S/C17H23NO3S/c1-11-5-2-3-7-13(11)18-16(19)10-21-17(20)15-9-12-6-4-8-14(12)22-15/h9,11,13H,2-8,10H2,1H3,(H,18,19)/t11-,13-/m1/s1. The SMILES string of the molecule is C[C@@H]1CCCC[C@H]1NC(=O)COC(=O)c1cc2c(s1)CCC2. The number of aryl methyl sites for hydroxylation is 2. The second-order valence-corrected chi connectivity index (χ2v) is 7.56. The summed E-state index contributed by atoms with van der Waals surface area (Å²) in [5.74, 6) is -0.0453. The lowest BCUT2D eigenvalue weighted by Crippen LogP contribution is -2.42. The summed E-state index contributed by atoms with van der Waals surface area (Å²) in [7, 11) is 0. The van der Waals surface area contributed by atoms with Crippen LogP contribution in [-0.2, 0) is 22.4 Å². The van der Waals surface area contributed by atoms with E-state index in [0.717, 1.165) is 32.1 Å². The first-order chi connectivity index (χ1) is 10.6. The van der Waals surface area contributed by atoms with Gasteiger partial charge in [-0.3, -0.25) is 4.79 Å². The Labute approximate surface area is 135 Å². The molecule has 1 amide bonds. The van der Waals surface area contributed by atoms with Gasteiger partial charge in [-0.15, -0.1) is 11.3 Å². The third-order valence-corrected chi connectivity index (χ3v) is 5.96. The van der Waals surface area contributed by atoms with Crippen LogP contribution in [0.2, 0.25) is 0 Å². The molecule has 0 spiro atoms. The largest absolute Gasteiger partial charge is 0.451 e. The zero-order chi connectivity index (χ0) is 15.5. The van der Waals surface area contributed by atoms with Crippen molar-refractivity contribution in [2.24, 2.45) is 5.92 Å². The molecule has 22 heavy (non-hydrogen) atoms. The number of carbonyl (C=O) groups excluding carboxylic acids is 2. The van der Waals surface area contributed by atoms with E-state index >= 15 is 0 Å². The smallest absolute Gasteiger partial charge is 0.348 e. The fraction of sp³-hybridized carbons (Fsp3) is 0.647. The molecule has 1 heterocycles. The third kappa shape index (κ3) is 3.51. The number of hydrogen-bond acceptors (Lipinski definition) is 4. The molecule has 1 aromatic rings. The fourth-order valence-electron chi connectivity index (χ4n) is 3.41. The number of amides is 1. The second-order valence-electron chi connectivity index (χ2n) is 6.42. The van der Waals surface area contributed by atoms with Gasteiger partial charge in [0.1, 0.15) is 4.88 Å². The maximum absolute atomic E-state index is 12.0. The van der Waals surface area contributed by atoms with E-state index in [1.165, 1.54) is 34.6 Å². The van der Waals surface area contributed by atoms with Crippen molar-refractivity contribution in [2.45, 2.75) is 57.9 Å². The number of rotatable bonds is 4. The lowest BCUT2D eigenvalue weighted by molar-refractivity contribution is -0.125. The molecular formula is C17H23NO3S. The highest BCUT2D eigenvalue weighted by Gasteiger charge is 2.24. The second kappa shape index (κ2) is 6.82. The minimum Gasteiger partial charge on any atom is -0.451 e. The molecule has 0 aliphatic heterocycles. The third-order valence-electron chi connectivity index (χ3n) is 4.74. The number of thiophene rings is 1. The van der Waals surface area contributed by atoms with E-state index in [4.69, 9.17) is 4.74 Å². The normalized spacial score (nSPS) is 23.9. The summed E-state index contributed by atoms with van der Waals surface area (Å²) >= 11 is 1.51. The van der Waals surface area contributed by atoms with Crippen LogP contribution < -0.4 is 5.32 Å². The first kappa shape index (κ1) is 15.5. The Morgan fingerprint density at radius 3 is 2.86 bits per heavy atom. The van der Waals surface area contributed by atoms with Gasteiger partial charge < -0.3 is 10.1 Å². The predicted molar refractivity (Wildman–Crippen MR) is 86.2 cm³/mol. The lowest BCUT2D eigenvalue weighted by atomic mass is 9.86. The first-order valence-corrected chi connectivity index (χ1v) is 9.03. The van der Waals surface area contributed by atoms with E-state index in [1.807, 2.05) is 6.07 Å². The quantitative estimate of drug-likeness (QED) is 0.867. The van der Waals surface area contributed by atoms with Crippen molar-refractivity contribution in [1.82, 2.24) is 5.32 Å². The van der Waals surface area contributed by atoms with Gasteiger partial charge in [0.05, 0.1) is 0 Å². The minimum atomic E-state index is -0.369. The van der Waals surface area contributed by atoms with E-state index in [2.05, 4.69) is 12.2 Å². The van der Waals surface area contributed by atoms with Crippen LogP contribution in [0.3, 0.4) is 0 Å². The van der Waals surface area contributed by atoms with Crippen molar-refractivity contribution < 1.29 is 14.3 Å². The Balaban J connectivity index is 1.46. The molecule has 0 radical (unpaired) electrons. The highest BCUT2D eigenvalue weighted by atomic mass is 32.1. The Morgan fingerprint density at radius 2 is 2.09 bits per heavy atom. The Hall–Kier alpha value is -1.36. The summed E-state index contributed by atoms with van der Waals surface area (Å²) in [4.78, 5) is 25.9. The van der Waals surface area contributed by atoms with Gasteiger partial charge in [-0.1, -0.05) is 19.8 Å². The van der Waals surface area contributed by atoms with E-state index in [-0.39, 0.29) is 24.5 Å². The van der Waals surface area contributed by atoms with Gasteiger partial charge in [-0.2, -0.15) is 0 Å². The van der Waals surface area contributed by atoms with Gasteiger partial charge >= 0.3 is 5.97 Å². The summed E-state index contributed by atoms with van der Waals surface area (Å²) in [6, 6.07) is 2.15. The van der Waals surface area contributed by atoms with E-state index in [0.29, 0.717) is 10.8 Å². The van der Waals surface area contributed by atoms with Gasteiger partial charge in [0, 0.05) is 10.9 Å². The van der Waals surface area contributed by atoms with Gasteiger partial charge in [-0.25, -0.2) is 4.79 Å². The molecule has 1 aromatic heterocycles. The van der Waals surface area contributed by atoms with Gasteiger partial charge in [-0.05, 0) is 49.7 Å². The molecular weight excluding hydrogens is 298 g/mol. The molecule has 0 saturated heterocycles. The summed E-state index contributed by atoms with van der Waals surface area (Å²) in [6.07, 6.45) is 7.89. The van der Waals surface area contributed by atoms with Gasteiger partial charge in [0.25, 0.3) is 5.91 Å². The maximum atomic E-state index is 12.0.